The number of anilines is 1. The molecule has 0 unspecified atom stereocenters. The molecule has 7 nitrogen and oxygen atoms in total. The minimum absolute atomic E-state index is 0.159. The zero-order valence-electron chi connectivity index (χ0n) is 13.3. The topological polar surface area (TPSA) is 70.5 Å². The van der Waals surface area contributed by atoms with Crippen molar-refractivity contribution in [2.45, 2.75) is 6.54 Å². The summed E-state index contributed by atoms with van der Waals surface area (Å²) in [6.07, 6.45) is 1.58. The van der Waals surface area contributed by atoms with Gasteiger partial charge in [-0.25, -0.2) is 4.98 Å². The van der Waals surface area contributed by atoms with Crippen molar-refractivity contribution in [3.8, 4) is 0 Å². The van der Waals surface area contributed by atoms with E-state index in [0.29, 0.717) is 31.9 Å². The van der Waals surface area contributed by atoms with Crippen LogP contribution in [0, 0.1) is 0 Å². The van der Waals surface area contributed by atoms with E-state index in [-0.39, 0.29) is 17.5 Å². The summed E-state index contributed by atoms with van der Waals surface area (Å²) in [5.41, 5.74) is 1.82. The van der Waals surface area contributed by atoms with E-state index >= 15 is 0 Å². The second-order valence-electron chi connectivity index (χ2n) is 6.01. The van der Waals surface area contributed by atoms with Crippen LogP contribution in [0.25, 0.3) is 0 Å². The average molecular weight is 325 g/mol. The molecule has 0 spiro atoms. The van der Waals surface area contributed by atoms with Crippen LogP contribution in [0.15, 0.2) is 36.7 Å². The molecule has 3 heterocycles. The third-order valence-corrected chi connectivity index (χ3v) is 4.58. The first kappa shape index (κ1) is 14.7. The summed E-state index contributed by atoms with van der Waals surface area (Å²) in [6, 6.07) is 10.2. The van der Waals surface area contributed by atoms with Gasteiger partial charge in [0.1, 0.15) is 5.69 Å². The van der Waals surface area contributed by atoms with Gasteiger partial charge in [-0.15, -0.1) is 0 Å². The predicted molar refractivity (Wildman–Crippen MR) is 89.1 cm³/mol. The number of nitrogens with one attached hydrogen (secondary N) is 1. The zero-order valence-corrected chi connectivity index (χ0v) is 13.3. The second kappa shape index (κ2) is 5.99. The molecule has 4 rings (SSSR count). The SMILES string of the molecule is O=C1NCCn2cnc(C(=O)N3CCN(c4ccccc4)CC3)c21. The maximum atomic E-state index is 12.8. The Morgan fingerprint density at radius 2 is 1.79 bits per heavy atom. The molecule has 1 saturated heterocycles. The van der Waals surface area contributed by atoms with Crippen molar-refractivity contribution in [2.24, 2.45) is 0 Å². The third-order valence-electron chi connectivity index (χ3n) is 4.58. The van der Waals surface area contributed by atoms with Gasteiger partial charge >= 0.3 is 0 Å². The van der Waals surface area contributed by atoms with Crippen molar-refractivity contribution in [3.05, 3.63) is 48.0 Å². The molecular formula is C17H19N5O2. The van der Waals surface area contributed by atoms with Crippen LogP contribution in [0.4, 0.5) is 5.69 Å². The van der Waals surface area contributed by atoms with E-state index in [9.17, 15) is 9.59 Å². The summed E-state index contributed by atoms with van der Waals surface area (Å²) < 4.78 is 1.76. The van der Waals surface area contributed by atoms with Crippen LogP contribution >= 0.6 is 0 Å². The quantitative estimate of drug-likeness (QED) is 0.877. The van der Waals surface area contributed by atoms with Gasteiger partial charge < -0.3 is 19.7 Å². The Morgan fingerprint density at radius 1 is 1.04 bits per heavy atom. The molecule has 2 amide bonds. The van der Waals surface area contributed by atoms with Gasteiger partial charge in [-0.1, -0.05) is 18.2 Å². The van der Waals surface area contributed by atoms with E-state index in [1.807, 2.05) is 18.2 Å². The van der Waals surface area contributed by atoms with Gasteiger partial charge in [-0.3, -0.25) is 9.59 Å². The first-order valence-corrected chi connectivity index (χ1v) is 8.16. The predicted octanol–water partition coefficient (Wildman–Crippen LogP) is 0.589. The Kier molecular flexibility index (Phi) is 3.68. The molecule has 0 atom stereocenters. The lowest BCUT2D eigenvalue weighted by atomic mass is 10.2. The highest BCUT2D eigenvalue weighted by atomic mass is 16.2. The monoisotopic (exact) mass is 325 g/mol. The second-order valence-corrected chi connectivity index (χ2v) is 6.01. The summed E-state index contributed by atoms with van der Waals surface area (Å²) in [4.78, 5) is 33.1. The number of piperazine rings is 1. The van der Waals surface area contributed by atoms with Crippen LogP contribution in [0.3, 0.4) is 0 Å². The van der Waals surface area contributed by atoms with Crippen LogP contribution in [-0.2, 0) is 6.54 Å². The van der Waals surface area contributed by atoms with Gasteiger partial charge in [0.05, 0.1) is 6.33 Å². The molecule has 0 radical (unpaired) electrons. The maximum absolute atomic E-state index is 12.8. The smallest absolute Gasteiger partial charge is 0.275 e. The number of imidazole rings is 1. The molecule has 0 saturated carbocycles. The van der Waals surface area contributed by atoms with Crippen molar-refractivity contribution in [2.75, 3.05) is 37.6 Å². The van der Waals surface area contributed by atoms with E-state index in [0.717, 1.165) is 13.1 Å². The normalized spacial score (nSPS) is 17.4. The number of rotatable bonds is 2. The van der Waals surface area contributed by atoms with E-state index in [2.05, 4.69) is 27.3 Å². The zero-order chi connectivity index (χ0) is 16.5. The van der Waals surface area contributed by atoms with E-state index in [4.69, 9.17) is 0 Å². The molecule has 0 bridgehead atoms. The van der Waals surface area contributed by atoms with Crippen molar-refractivity contribution in [1.82, 2.24) is 19.8 Å². The molecule has 1 fully saturated rings. The molecule has 2 aliphatic heterocycles. The molecule has 1 aromatic carbocycles. The maximum Gasteiger partial charge on any atom is 0.275 e. The number of carbonyl (C=O) groups excluding carboxylic acids is 2. The molecule has 1 N–H and O–H groups in total. The number of hydrogen-bond donors (Lipinski definition) is 1. The summed E-state index contributed by atoms with van der Waals surface area (Å²) in [5, 5.41) is 2.77. The molecule has 1 aromatic heterocycles. The first-order chi connectivity index (χ1) is 11.7. The Hall–Kier alpha value is -2.83. The summed E-state index contributed by atoms with van der Waals surface area (Å²) >= 11 is 0. The molecule has 24 heavy (non-hydrogen) atoms. The average Bonchev–Trinajstić information content (AvgIpc) is 3.07. The fourth-order valence-electron chi connectivity index (χ4n) is 3.28. The van der Waals surface area contributed by atoms with E-state index in [1.165, 1.54) is 5.69 Å². The molecule has 0 aliphatic carbocycles. The summed E-state index contributed by atoms with van der Waals surface area (Å²) in [7, 11) is 0. The van der Waals surface area contributed by atoms with Crippen LogP contribution in [0.5, 0.6) is 0 Å². The van der Waals surface area contributed by atoms with Crippen molar-refractivity contribution in [3.63, 3.8) is 0 Å². The largest absolute Gasteiger partial charge is 0.368 e. The van der Waals surface area contributed by atoms with E-state index < -0.39 is 0 Å². The summed E-state index contributed by atoms with van der Waals surface area (Å²) in [6.45, 7) is 4.04. The van der Waals surface area contributed by atoms with Crippen molar-refractivity contribution in [1.29, 1.82) is 0 Å². The Labute approximate surface area is 139 Å². The fourth-order valence-corrected chi connectivity index (χ4v) is 3.28. The van der Waals surface area contributed by atoms with Crippen molar-refractivity contribution >= 4 is 17.5 Å². The third kappa shape index (κ3) is 2.51. The number of fused-ring (bicyclic) bond motifs is 1. The number of nitrogens with zero attached hydrogens (tertiary/aromatic N) is 4. The number of carbonyl (C=O) groups is 2. The lowest BCUT2D eigenvalue weighted by Crippen LogP contribution is -2.49. The lowest BCUT2D eigenvalue weighted by Gasteiger charge is -2.36. The number of aromatic nitrogens is 2. The van der Waals surface area contributed by atoms with Crippen LogP contribution in [0.1, 0.15) is 21.0 Å². The molecule has 2 aromatic rings. The molecule has 7 heteroatoms. The van der Waals surface area contributed by atoms with Gasteiger partial charge in [0.25, 0.3) is 11.8 Å². The molecule has 2 aliphatic rings. The van der Waals surface area contributed by atoms with Gasteiger partial charge in [0.2, 0.25) is 0 Å². The number of hydrogen-bond acceptors (Lipinski definition) is 4. The molecular weight excluding hydrogens is 306 g/mol. The first-order valence-electron chi connectivity index (χ1n) is 8.16. The highest BCUT2D eigenvalue weighted by molar-refractivity contribution is 6.05. The van der Waals surface area contributed by atoms with E-state index in [1.54, 1.807) is 15.8 Å². The minimum Gasteiger partial charge on any atom is -0.368 e. The minimum atomic E-state index is -0.218. The summed E-state index contributed by atoms with van der Waals surface area (Å²) in [5.74, 6) is -0.376. The standard InChI is InChI=1S/C17H19N5O2/c23-16-15-14(19-12-22(15)7-6-18-16)17(24)21-10-8-20(9-11-21)13-4-2-1-3-5-13/h1-5,12H,6-11H2,(H,18,23). The number of para-hydroxylation sites is 1. The number of amides is 2. The van der Waals surface area contributed by atoms with Gasteiger partial charge in [0.15, 0.2) is 5.69 Å². The molecule has 124 valence electrons. The lowest BCUT2D eigenvalue weighted by molar-refractivity contribution is 0.0733. The van der Waals surface area contributed by atoms with Crippen LogP contribution in [-0.4, -0.2) is 59.0 Å². The Balaban J connectivity index is 1.48. The Bertz CT molecular complexity index is 763. The number of benzene rings is 1. The van der Waals surface area contributed by atoms with Gasteiger partial charge in [0, 0.05) is 45.0 Å². The van der Waals surface area contributed by atoms with Gasteiger partial charge in [-0.2, -0.15) is 0 Å². The van der Waals surface area contributed by atoms with Gasteiger partial charge in [-0.05, 0) is 12.1 Å². The van der Waals surface area contributed by atoms with Crippen LogP contribution < -0.4 is 10.2 Å². The highest BCUT2D eigenvalue weighted by Crippen LogP contribution is 2.18. The Morgan fingerprint density at radius 3 is 2.54 bits per heavy atom. The van der Waals surface area contributed by atoms with Crippen LogP contribution in [0.2, 0.25) is 0 Å². The van der Waals surface area contributed by atoms with Crippen molar-refractivity contribution < 1.29 is 9.59 Å². The highest BCUT2D eigenvalue weighted by Gasteiger charge is 2.30. The fraction of sp³-hybridized carbons (Fsp3) is 0.353.